The Balaban J connectivity index is 2.70. The highest BCUT2D eigenvalue weighted by Gasteiger charge is 2.32. The molecule has 0 bridgehead atoms. The molecule has 2 heteroatoms. The molecule has 0 radical (unpaired) electrons. The molecule has 0 spiro atoms. The van der Waals surface area contributed by atoms with Crippen LogP contribution in [0.25, 0.3) is 0 Å². The van der Waals surface area contributed by atoms with Crippen LogP contribution in [0, 0.1) is 17.8 Å². The largest absolute Gasteiger partial charge is 0.328 e. The van der Waals surface area contributed by atoms with Gasteiger partial charge in [-0.2, -0.15) is 0 Å². The zero-order chi connectivity index (χ0) is 11.4. The van der Waals surface area contributed by atoms with Crippen LogP contribution >= 0.6 is 0 Å². The second kappa shape index (κ2) is 5.45. The van der Waals surface area contributed by atoms with Crippen molar-refractivity contribution in [3.05, 3.63) is 12.2 Å². The summed E-state index contributed by atoms with van der Waals surface area (Å²) in [5.41, 5.74) is 5.69. The number of hydrogen-bond acceptors (Lipinski definition) is 2. The van der Waals surface area contributed by atoms with E-state index in [2.05, 4.69) is 26.0 Å². The lowest BCUT2D eigenvalue weighted by Gasteiger charge is -2.31. The van der Waals surface area contributed by atoms with Gasteiger partial charge in [0, 0.05) is 18.4 Å². The molecule has 1 aliphatic carbocycles. The summed E-state index contributed by atoms with van der Waals surface area (Å²) in [6.45, 7) is 6.22. The van der Waals surface area contributed by atoms with Gasteiger partial charge in [-0.25, -0.2) is 0 Å². The number of carbonyl (C=O) groups excluding carboxylic acids is 1. The summed E-state index contributed by atoms with van der Waals surface area (Å²) in [4.78, 5) is 12.1. The first-order chi connectivity index (χ1) is 7.06. The zero-order valence-corrected chi connectivity index (χ0v) is 10.1. The van der Waals surface area contributed by atoms with Crippen molar-refractivity contribution >= 4 is 5.78 Å². The number of rotatable bonds is 4. The topological polar surface area (TPSA) is 43.1 Å². The summed E-state index contributed by atoms with van der Waals surface area (Å²) in [5, 5.41) is 0. The van der Waals surface area contributed by atoms with Crippen LogP contribution in [-0.2, 0) is 4.79 Å². The van der Waals surface area contributed by atoms with E-state index in [0.29, 0.717) is 24.0 Å². The molecule has 4 atom stereocenters. The van der Waals surface area contributed by atoms with Crippen molar-refractivity contribution in [1.29, 1.82) is 0 Å². The summed E-state index contributed by atoms with van der Waals surface area (Å²) >= 11 is 0. The van der Waals surface area contributed by atoms with Crippen molar-refractivity contribution in [2.45, 2.75) is 46.1 Å². The fourth-order valence-corrected chi connectivity index (χ4v) is 2.59. The molecule has 0 aromatic heterocycles. The van der Waals surface area contributed by atoms with Gasteiger partial charge in [-0.15, -0.1) is 0 Å². The Bertz CT molecular complexity index is 245. The maximum Gasteiger partial charge on any atom is 0.138 e. The molecule has 0 heterocycles. The molecular weight excluding hydrogens is 186 g/mol. The molecule has 4 unspecified atom stereocenters. The Kier molecular flexibility index (Phi) is 4.52. The van der Waals surface area contributed by atoms with Crippen molar-refractivity contribution in [3.63, 3.8) is 0 Å². The number of hydrogen-bond donors (Lipinski definition) is 1. The quantitative estimate of drug-likeness (QED) is 0.723. The van der Waals surface area contributed by atoms with Gasteiger partial charge in [-0.05, 0) is 25.2 Å². The van der Waals surface area contributed by atoms with Crippen molar-refractivity contribution < 1.29 is 4.79 Å². The van der Waals surface area contributed by atoms with Crippen LogP contribution in [0.15, 0.2) is 12.2 Å². The first kappa shape index (κ1) is 12.4. The number of nitrogens with two attached hydrogens (primary N) is 1. The number of ketones is 1. The van der Waals surface area contributed by atoms with Gasteiger partial charge in [0.15, 0.2) is 0 Å². The molecule has 0 fully saturated rings. The Morgan fingerprint density at radius 3 is 2.80 bits per heavy atom. The lowest BCUT2D eigenvalue weighted by molar-refractivity contribution is -0.126. The Hall–Kier alpha value is -0.630. The van der Waals surface area contributed by atoms with Gasteiger partial charge in [0.25, 0.3) is 0 Å². The second-order valence-electron chi connectivity index (χ2n) is 4.86. The molecule has 1 rings (SSSR count). The fourth-order valence-electron chi connectivity index (χ4n) is 2.59. The van der Waals surface area contributed by atoms with Gasteiger partial charge in [0.05, 0.1) is 0 Å². The summed E-state index contributed by atoms with van der Waals surface area (Å²) in [6, 6.07) is -0.00638. The summed E-state index contributed by atoms with van der Waals surface area (Å²) in [7, 11) is 0. The first-order valence-electron chi connectivity index (χ1n) is 6.01. The highest BCUT2D eigenvalue weighted by atomic mass is 16.1. The monoisotopic (exact) mass is 209 g/mol. The van der Waals surface area contributed by atoms with Gasteiger partial charge in [-0.1, -0.05) is 32.4 Å². The van der Waals surface area contributed by atoms with E-state index in [1.54, 1.807) is 0 Å². The minimum absolute atomic E-state index is 0.00638. The fraction of sp³-hybridized carbons (Fsp3) is 0.769. The molecule has 2 N–H and O–H groups in total. The molecule has 1 aliphatic rings. The van der Waals surface area contributed by atoms with Crippen LogP contribution in [0.1, 0.15) is 40.0 Å². The van der Waals surface area contributed by atoms with E-state index in [1.807, 2.05) is 6.92 Å². The van der Waals surface area contributed by atoms with Crippen molar-refractivity contribution in [2.24, 2.45) is 23.5 Å². The minimum Gasteiger partial charge on any atom is -0.328 e. The highest BCUT2D eigenvalue weighted by molar-refractivity contribution is 5.82. The molecule has 0 aromatic carbocycles. The van der Waals surface area contributed by atoms with Crippen molar-refractivity contribution in [2.75, 3.05) is 0 Å². The van der Waals surface area contributed by atoms with Crippen LogP contribution in [0.5, 0.6) is 0 Å². The predicted molar refractivity (Wildman–Crippen MR) is 63.5 cm³/mol. The highest BCUT2D eigenvalue weighted by Crippen LogP contribution is 2.33. The molecular formula is C13H23NO. The maximum absolute atomic E-state index is 12.1. The van der Waals surface area contributed by atoms with Gasteiger partial charge in [0.1, 0.15) is 5.78 Å². The van der Waals surface area contributed by atoms with Crippen molar-refractivity contribution in [3.8, 4) is 0 Å². The Labute approximate surface area is 92.9 Å². The molecule has 0 aliphatic heterocycles. The van der Waals surface area contributed by atoms with Gasteiger partial charge < -0.3 is 5.73 Å². The van der Waals surface area contributed by atoms with E-state index >= 15 is 0 Å². The molecule has 0 amide bonds. The van der Waals surface area contributed by atoms with Gasteiger partial charge >= 0.3 is 0 Å². The third kappa shape index (κ3) is 3.16. The third-order valence-corrected chi connectivity index (χ3v) is 3.37. The van der Waals surface area contributed by atoms with Crippen LogP contribution in [-0.4, -0.2) is 11.8 Å². The average molecular weight is 209 g/mol. The summed E-state index contributed by atoms with van der Waals surface area (Å²) in [6.07, 6.45) is 7.06. The SMILES string of the molecule is CCC1CC=CC(C)C1C(=O)CC(C)N. The van der Waals surface area contributed by atoms with E-state index in [1.165, 1.54) is 0 Å². The summed E-state index contributed by atoms with van der Waals surface area (Å²) < 4.78 is 0. The Morgan fingerprint density at radius 1 is 1.60 bits per heavy atom. The van der Waals surface area contributed by atoms with E-state index < -0.39 is 0 Å². The molecule has 2 nitrogen and oxygen atoms in total. The first-order valence-corrected chi connectivity index (χ1v) is 6.01. The smallest absolute Gasteiger partial charge is 0.138 e. The van der Waals surface area contributed by atoms with E-state index in [-0.39, 0.29) is 12.0 Å². The molecule has 0 saturated carbocycles. The van der Waals surface area contributed by atoms with Gasteiger partial charge in [-0.3, -0.25) is 4.79 Å². The molecule has 0 aromatic rings. The van der Waals surface area contributed by atoms with Gasteiger partial charge in [0.2, 0.25) is 0 Å². The lowest BCUT2D eigenvalue weighted by atomic mass is 9.72. The standard InChI is InChI=1S/C13H23NO/c1-4-11-7-5-6-9(2)13(11)12(15)8-10(3)14/h5-6,9-11,13H,4,7-8,14H2,1-3H3. The van der Waals surface area contributed by atoms with E-state index in [4.69, 9.17) is 5.73 Å². The number of allylic oxidation sites excluding steroid dienone is 2. The zero-order valence-electron chi connectivity index (χ0n) is 10.1. The summed E-state index contributed by atoms with van der Waals surface area (Å²) in [5.74, 6) is 1.46. The molecule has 0 saturated heterocycles. The normalized spacial score (nSPS) is 32.7. The number of Topliss-reactive ketones (excluding diaryl/α,β-unsaturated/α-hetero) is 1. The maximum atomic E-state index is 12.1. The second-order valence-corrected chi connectivity index (χ2v) is 4.86. The average Bonchev–Trinajstić information content (AvgIpc) is 2.15. The van der Waals surface area contributed by atoms with Crippen LogP contribution in [0.2, 0.25) is 0 Å². The van der Waals surface area contributed by atoms with Crippen LogP contribution in [0.3, 0.4) is 0 Å². The molecule has 15 heavy (non-hydrogen) atoms. The lowest BCUT2D eigenvalue weighted by Crippen LogP contribution is -2.34. The predicted octanol–water partition coefficient (Wildman–Crippen LogP) is 2.53. The number of carbonyl (C=O) groups is 1. The van der Waals surface area contributed by atoms with Crippen LogP contribution in [0.4, 0.5) is 0 Å². The van der Waals surface area contributed by atoms with E-state index in [0.717, 1.165) is 12.8 Å². The molecule has 86 valence electrons. The Morgan fingerprint density at radius 2 is 2.27 bits per heavy atom. The van der Waals surface area contributed by atoms with Crippen molar-refractivity contribution in [1.82, 2.24) is 0 Å². The van der Waals surface area contributed by atoms with Crippen LogP contribution < -0.4 is 5.73 Å². The third-order valence-electron chi connectivity index (χ3n) is 3.37. The van der Waals surface area contributed by atoms with E-state index in [9.17, 15) is 4.79 Å². The minimum atomic E-state index is -0.00638.